The van der Waals surface area contributed by atoms with Crippen LogP contribution in [0.5, 0.6) is 5.75 Å². The van der Waals surface area contributed by atoms with Crippen LogP contribution in [-0.4, -0.2) is 31.3 Å². The summed E-state index contributed by atoms with van der Waals surface area (Å²) in [6, 6.07) is 5.01. The second-order valence-electron chi connectivity index (χ2n) is 4.25. The van der Waals surface area contributed by atoms with Crippen molar-refractivity contribution in [1.82, 2.24) is 0 Å². The lowest BCUT2D eigenvalue weighted by Gasteiger charge is -2.10. The normalized spacial score (nSPS) is 10.3. The molecule has 0 aromatic heterocycles. The zero-order valence-electron chi connectivity index (χ0n) is 12.1. The molecule has 6 heteroatoms. The largest absolute Gasteiger partial charge is 0.484 e. The Hall–Kier alpha value is -1.82. The number of nitrogens with zero attached hydrogens (tertiary/aromatic N) is 1. The quantitative estimate of drug-likeness (QED) is 0.405. The third kappa shape index (κ3) is 5.05. The molecule has 1 aromatic carbocycles. The van der Waals surface area contributed by atoms with Gasteiger partial charge >= 0.3 is 5.69 Å². The molecule has 20 heavy (non-hydrogen) atoms. The highest BCUT2D eigenvalue weighted by Crippen LogP contribution is 2.34. The summed E-state index contributed by atoms with van der Waals surface area (Å²) in [7, 11) is 0. The fraction of sp³-hybridized carbons (Fsp3) is 0.571. The maximum absolute atomic E-state index is 11.1. The Labute approximate surface area is 119 Å². The van der Waals surface area contributed by atoms with Gasteiger partial charge in [0.15, 0.2) is 5.75 Å². The molecule has 0 saturated carbocycles. The molecule has 0 aliphatic carbocycles. The molecule has 0 fully saturated rings. The first-order valence-corrected chi connectivity index (χ1v) is 6.92. The van der Waals surface area contributed by atoms with E-state index in [1.807, 2.05) is 6.92 Å². The van der Waals surface area contributed by atoms with Gasteiger partial charge in [0.1, 0.15) is 12.3 Å². The van der Waals surface area contributed by atoms with Crippen molar-refractivity contribution in [3.05, 3.63) is 28.3 Å². The van der Waals surface area contributed by atoms with Gasteiger partial charge in [0, 0.05) is 13.2 Å². The van der Waals surface area contributed by atoms with E-state index in [4.69, 9.17) is 9.47 Å². The van der Waals surface area contributed by atoms with Crippen LogP contribution in [0.1, 0.15) is 26.7 Å². The van der Waals surface area contributed by atoms with E-state index in [9.17, 15) is 10.1 Å². The number of rotatable bonds is 10. The average molecular weight is 282 g/mol. The highest BCUT2D eigenvalue weighted by Gasteiger charge is 2.20. The lowest BCUT2D eigenvalue weighted by atomic mass is 10.2. The number of ether oxygens (including phenoxy) is 2. The lowest BCUT2D eigenvalue weighted by molar-refractivity contribution is -0.385. The van der Waals surface area contributed by atoms with Gasteiger partial charge in [0.2, 0.25) is 0 Å². The zero-order valence-corrected chi connectivity index (χ0v) is 12.1. The molecule has 0 spiro atoms. The van der Waals surface area contributed by atoms with Gasteiger partial charge in [-0.05, 0) is 25.5 Å². The Bertz CT molecular complexity index is 424. The minimum absolute atomic E-state index is 0.0251. The summed E-state index contributed by atoms with van der Waals surface area (Å²) in [5.41, 5.74) is 0.449. The Morgan fingerprint density at radius 3 is 2.70 bits per heavy atom. The molecule has 0 aliphatic rings. The fourth-order valence-corrected chi connectivity index (χ4v) is 1.72. The average Bonchev–Trinajstić information content (AvgIpc) is 2.43. The molecule has 0 amide bonds. The highest BCUT2D eigenvalue weighted by molar-refractivity contribution is 5.68. The molecule has 0 bridgehead atoms. The van der Waals surface area contributed by atoms with Crippen LogP contribution in [0.15, 0.2) is 18.2 Å². The summed E-state index contributed by atoms with van der Waals surface area (Å²) in [5, 5.41) is 14.1. The first-order chi connectivity index (χ1) is 9.70. The SMILES string of the molecule is CCCCOCCOc1cccc(NCC)c1[N+](=O)[O-]. The molecule has 0 saturated heterocycles. The van der Waals surface area contributed by atoms with E-state index in [1.165, 1.54) is 0 Å². The number of nitrogens with one attached hydrogen (secondary N) is 1. The van der Waals surface area contributed by atoms with Crippen molar-refractivity contribution in [3.8, 4) is 5.75 Å². The van der Waals surface area contributed by atoms with Crippen LogP contribution in [0, 0.1) is 10.1 Å². The summed E-state index contributed by atoms with van der Waals surface area (Å²) in [6.45, 7) is 6.03. The minimum Gasteiger partial charge on any atom is -0.484 e. The fourth-order valence-electron chi connectivity index (χ4n) is 1.72. The molecule has 1 N–H and O–H groups in total. The summed E-state index contributed by atoms with van der Waals surface area (Å²) < 4.78 is 10.8. The number of hydrogen-bond donors (Lipinski definition) is 1. The number of unbranched alkanes of at least 4 members (excludes halogenated alkanes) is 1. The Morgan fingerprint density at radius 2 is 2.05 bits per heavy atom. The molecule has 0 atom stereocenters. The van der Waals surface area contributed by atoms with Crippen LogP contribution >= 0.6 is 0 Å². The molecule has 0 unspecified atom stereocenters. The van der Waals surface area contributed by atoms with E-state index < -0.39 is 4.92 Å². The third-order valence-electron chi connectivity index (χ3n) is 2.68. The summed E-state index contributed by atoms with van der Waals surface area (Å²) >= 11 is 0. The van der Waals surface area contributed by atoms with Gasteiger partial charge in [-0.3, -0.25) is 10.1 Å². The maximum atomic E-state index is 11.1. The maximum Gasteiger partial charge on any atom is 0.333 e. The second-order valence-corrected chi connectivity index (χ2v) is 4.25. The molecule has 1 rings (SSSR count). The predicted octanol–water partition coefficient (Wildman–Crippen LogP) is 3.22. The van der Waals surface area contributed by atoms with Crippen LogP contribution in [0.4, 0.5) is 11.4 Å². The van der Waals surface area contributed by atoms with E-state index in [0.29, 0.717) is 32.1 Å². The van der Waals surface area contributed by atoms with Gasteiger partial charge in [-0.15, -0.1) is 0 Å². The van der Waals surface area contributed by atoms with Crippen LogP contribution in [0.3, 0.4) is 0 Å². The second kappa shape index (κ2) is 9.14. The number of hydrogen-bond acceptors (Lipinski definition) is 5. The van der Waals surface area contributed by atoms with Crippen molar-refractivity contribution in [3.63, 3.8) is 0 Å². The number of benzene rings is 1. The molecule has 6 nitrogen and oxygen atoms in total. The number of para-hydroxylation sites is 1. The van der Waals surface area contributed by atoms with Crippen molar-refractivity contribution < 1.29 is 14.4 Å². The summed E-state index contributed by atoms with van der Waals surface area (Å²) in [4.78, 5) is 10.7. The summed E-state index contributed by atoms with van der Waals surface area (Å²) in [5.74, 6) is 0.271. The van der Waals surface area contributed by atoms with Gasteiger partial charge in [0.25, 0.3) is 0 Å². The third-order valence-corrected chi connectivity index (χ3v) is 2.68. The van der Waals surface area contributed by atoms with E-state index in [2.05, 4.69) is 12.2 Å². The Balaban J connectivity index is 2.60. The van der Waals surface area contributed by atoms with Crippen molar-refractivity contribution in [2.45, 2.75) is 26.7 Å². The van der Waals surface area contributed by atoms with Gasteiger partial charge < -0.3 is 14.8 Å². The van der Waals surface area contributed by atoms with Crippen LogP contribution in [-0.2, 0) is 4.74 Å². The number of anilines is 1. The standard InChI is InChI=1S/C14H22N2O4/c1-3-5-9-19-10-11-20-13-8-6-7-12(15-4-2)14(13)16(17)18/h6-8,15H,3-5,9-11H2,1-2H3. The molecule has 0 aliphatic heterocycles. The van der Waals surface area contributed by atoms with E-state index in [-0.39, 0.29) is 11.4 Å². The van der Waals surface area contributed by atoms with Crippen molar-refractivity contribution in [1.29, 1.82) is 0 Å². The molecular formula is C14H22N2O4. The number of nitro benzene ring substituents is 1. The Kier molecular flexibility index (Phi) is 7.42. The smallest absolute Gasteiger partial charge is 0.333 e. The molecular weight excluding hydrogens is 260 g/mol. The number of nitro groups is 1. The topological polar surface area (TPSA) is 73.6 Å². The van der Waals surface area contributed by atoms with Crippen LogP contribution < -0.4 is 10.1 Å². The Morgan fingerprint density at radius 1 is 1.25 bits per heavy atom. The van der Waals surface area contributed by atoms with E-state index in [1.54, 1.807) is 18.2 Å². The molecule has 112 valence electrons. The molecule has 1 aromatic rings. The van der Waals surface area contributed by atoms with Crippen LogP contribution in [0.25, 0.3) is 0 Å². The predicted molar refractivity (Wildman–Crippen MR) is 78.5 cm³/mol. The molecule has 0 heterocycles. The van der Waals surface area contributed by atoms with Gasteiger partial charge in [-0.1, -0.05) is 19.4 Å². The molecule has 0 radical (unpaired) electrons. The van der Waals surface area contributed by atoms with Crippen molar-refractivity contribution in [2.24, 2.45) is 0 Å². The zero-order chi connectivity index (χ0) is 14.8. The first kappa shape index (κ1) is 16.2. The first-order valence-electron chi connectivity index (χ1n) is 6.92. The summed E-state index contributed by atoms with van der Waals surface area (Å²) in [6.07, 6.45) is 2.09. The minimum atomic E-state index is -0.425. The van der Waals surface area contributed by atoms with Crippen molar-refractivity contribution >= 4 is 11.4 Å². The van der Waals surface area contributed by atoms with Crippen LogP contribution in [0.2, 0.25) is 0 Å². The highest BCUT2D eigenvalue weighted by atomic mass is 16.6. The van der Waals surface area contributed by atoms with Gasteiger partial charge in [-0.2, -0.15) is 0 Å². The van der Waals surface area contributed by atoms with Crippen molar-refractivity contribution in [2.75, 3.05) is 31.7 Å². The van der Waals surface area contributed by atoms with E-state index in [0.717, 1.165) is 12.8 Å². The van der Waals surface area contributed by atoms with Gasteiger partial charge in [0.05, 0.1) is 11.5 Å². The lowest BCUT2D eigenvalue weighted by Crippen LogP contribution is -2.09. The van der Waals surface area contributed by atoms with E-state index >= 15 is 0 Å². The van der Waals surface area contributed by atoms with Gasteiger partial charge in [-0.25, -0.2) is 0 Å². The monoisotopic (exact) mass is 282 g/mol.